The summed E-state index contributed by atoms with van der Waals surface area (Å²) in [4.78, 5) is 14.1. The van der Waals surface area contributed by atoms with Gasteiger partial charge in [-0.15, -0.1) is 12.4 Å². The molecule has 3 nitrogen and oxygen atoms in total. The first-order chi connectivity index (χ1) is 11.1. The van der Waals surface area contributed by atoms with Crippen molar-refractivity contribution in [3.8, 4) is 0 Å². The number of hydrogen-bond acceptors (Lipinski definition) is 2. The minimum atomic E-state index is -0.970. The summed E-state index contributed by atoms with van der Waals surface area (Å²) in [5.74, 6) is -2.12. The maximum atomic E-state index is 13.1. The molecule has 2 rings (SSSR count). The predicted octanol–water partition coefficient (Wildman–Crippen LogP) is 4.24. The highest BCUT2D eigenvalue weighted by molar-refractivity contribution is 5.90. The van der Waals surface area contributed by atoms with Gasteiger partial charge >= 0.3 is 0 Å². The molecule has 0 aliphatic heterocycles. The smallest absolute Gasteiger partial charge is 0.225 e. The first-order valence-corrected chi connectivity index (χ1v) is 7.59. The number of amides is 1. The molecule has 0 heterocycles. The van der Waals surface area contributed by atoms with Gasteiger partial charge < -0.3 is 5.32 Å². The van der Waals surface area contributed by atoms with E-state index >= 15 is 0 Å². The van der Waals surface area contributed by atoms with Crippen LogP contribution in [-0.4, -0.2) is 23.9 Å². The molecule has 0 unspecified atom stereocenters. The van der Waals surface area contributed by atoms with Gasteiger partial charge in [0.2, 0.25) is 5.91 Å². The fraction of sp³-hybridized carbons (Fsp3) is 0.278. The van der Waals surface area contributed by atoms with Crippen LogP contribution in [0.1, 0.15) is 18.9 Å². The molecule has 0 spiro atoms. The lowest BCUT2D eigenvalue weighted by atomic mass is 10.2. The van der Waals surface area contributed by atoms with Crippen LogP contribution in [0, 0.1) is 11.6 Å². The van der Waals surface area contributed by atoms with Crippen molar-refractivity contribution in [3.63, 3.8) is 0 Å². The van der Waals surface area contributed by atoms with Crippen molar-refractivity contribution >= 4 is 24.0 Å². The molecule has 0 aliphatic rings. The lowest BCUT2D eigenvalue weighted by Gasteiger charge is -2.20. The molecule has 0 aliphatic carbocycles. The van der Waals surface area contributed by atoms with Crippen LogP contribution in [0.25, 0.3) is 0 Å². The van der Waals surface area contributed by atoms with Crippen molar-refractivity contribution in [1.29, 1.82) is 0 Å². The molecule has 2 aromatic carbocycles. The Bertz CT molecular complexity index is 653. The van der Waals surface area contributed by atoms with Crippen molar-refractivity contribution < 1.29 is 13.6 Å². The number of hydrogen-bond donors (Lipinski definition) is 1. The fourth-order valence-corrected chi connectivity index (χ4v) is 2.25. The number of carbonyl (C=O) groups is 1. The van der Waals surface area contributed by atoms with Gasteiger partial charge in [-0.3, -0.25) is 9.69 Å². The van der Waals surface area contributed by atoms with Crippen LogP contribution in [0.3, 0.4) is 0 Å². The Morgan fingerprint density at radius 1 is 1.08 bits per heavy atom. The monoisotopic (exact) mass is 354 g/mol. The summed E-state index contributed by atoms with van der Waals surface area (Å²) in [5, 5.41) is 2.58. The quantitative estimate of drug-likeness (QED) is 0.806. The Kier molecular flexibility index (Phi) is 8.36. The van der Waals surface area contributed by atoms with Gasteiger partial charge in [-0.1, -0.05) is 37.3 Å². The third-order valence-corrected chi connectivity index (χ3v) is 3.55. The Morgan fingerprint density at radius 3 is 2.42 bits per heavy atom. The number of nitrogens with one attached hydrogen (secondary N) is 1. The molecule has 0 radical (unpaired) electrons. The zero-order valence-electron chi connectivity index (χ0n) is 13.5. The van der Waals surface area contributed by atoms with E-state index in [9.17, 15) is 13.6 Å². The molecular formula is C18H21ClF2N2O. The van der Waals surface area contributed by atoms with E-state index in [4.69, 9.17) is 0 Å². The number of carbonyl (C=O) groups excluding carboxylic acids is 1. The van der Waals surface area contributed by atoms with Crippen LogP contribution in [0.2, 0.25) is 0 Å². The largest absolute Gasteiger partial charge is 0.326 e. The van der Waals surface area contributed by atoms with Gasteiger partial charge in [-0.05, 0) is 24.2 Å². The number of anilines is 1. The van der Waals surface area contributed by atoms with Crippen LogP contribution in [0.4, 0.5) is 14.5 Å². The van der Waals surface area contributed by atoms with E-state index in [1.54, 1.807) is 0 Å². The summed E-state index contributed by atoms with van der Waals surface area (Å²) in [6.45, 7) is 4.24. The third-order valence-electron chi connectivity index (χ3n) is 3.55. The van der Waals surface area contributed by atoms with E-state index in [0.29, 0.717) is 13.0 Å². The van der Waals surface area contributed by atoms with Crippen molar-refractivity contribution in [3.05, 3.63) is 65.7 Å². The molecule has 24 heavy (non-hydrogen) atoms. The normalized spacial score (nSPS) is 10.3. The van der Waals surface area contributed by atoms with E-state index in [2.05, 4.69) is 10.2 Å². The maximum absolute atomic E-state index is 13.1. The van der Waals surface area contributed by atoms with Gasteiger partial charge in [-0.2, -0.15) is 0 Å². The second kappa shape index (κ2) is 10.0. The number of nitrogens with zero attached hydrogens (tertiary/aromatic N) is 1. The molecule has 0 fully saturated rings. The lowest BCUT2D eigenvalue weighted by Crippen LogP contribution is -2.27. The average molecular weight is 355 g/mol. The Morgan fingerprint density at radius 2 is 1.79 bits per heavy atom. The Balaban J connectivity index is 0.00000288. The van der Waals surface area contributed by atoms with Crippen LogP contribution < -0.4 is 5.32 Å². The number of halogens is 3. The highest BCUT2D eigenvalue weighted by Gasteiger charge is 2.09. The fourth-order valence-electron chi connectivity index (χ4n) is 2.25. The van der Waals surface area contributed by atoms with Crippen LogP contribution in [-0.2, 0) is 11.3 Å². The van der Waals surface area contributed by atoms with Crippen LogP contribution in [0.15, 0.2) is 48.5 Å². The highest BCUT2D eigenvalue weighted by atomic mass is 35.5. The summed E-state index contributed by atoms with van der Waals surface area (Å²) < 4.78 is 26.0. The molecule has 0 atom stereocenters. The lowest BCUT2D eigenvalue weighted by molar-refractivity contribution is -0.116. The van der Waals surface area contributed by atoms with E-state index in [-0.39, 0.29) is 24.0 Å². The third kappa shape index (κ3) is 6.26. The summed E-state index contributed by atoms with van der Waals surface area (Å²) in [6, 6.07) is 13.4. The molecule has 0 bridgehead atoms. The predicted molar refractivity (Wildman–Crippen MR) is 94.2 cm³/mol. The molecule has 2 aromatic rings. The molecule has 0 saturated carbocycles. The zero-order chi connectivity index (χ0) is 16.7. The molecule has 0 saturated heterocycles. The van der Waals surface area contributed by atoms with Gasteiger partial charge in [-0.25, -0.2) is 8.78 Å². The molecule has 0 aromatic heterocycles. The van der Waals surface area contributed by atoms with E-state index in [0.717, 1.165) is 25.2 Å². The number of benzene rings is 2. The van der Waals surface area contributed by atoms with E-state index in [1.165, 1.54) is 11.6 Å². The first-order valence-electron chi connectivity index (χ1n) is 7.59. The maximum Gasteiger partial charge on any atom is 0.225 e. The minimum Gasteiger partial charge on any atom is -0.326 e. The van der Waals surface area contributed by atoms with Gasteiger partial charge in [0.25, 0.3) is 0 Å². The van der Waals surface area contributed by atoms with Crippen molar-refractivity contribution in [2.75, 3.05) is 18.4 Å². The number of rotatable bonds is 7. The minimum absolute atomic E-state index is 0. The second-order valence-electron chi connectivity index (χ2n) is 5.28. The Labute approximate surface area is 147 Å². The van der Waals surface area contributed by atoms with Gasteiger partial charge in [0.1, 0.15) is 0 Å². The molecule has 1 N–H and O–H groups in total. The summed E-state index contributed by atoms with van der Waals surface area (Å²) in [7, 11) is 0. The first kappa shape index (κ1) is 20.1. The molecule has 130 valence electrons. The second-order valence-corrected chi connectivity index (χ2v) is 5.28. The van der Waals surface area contributed by atoms with Crippen molar-refractivity contribution in [2.24, 2.45) is 0 Å². The van der Waals surface area contributed by atoms with Gasteiger partial charge in [0.05, 0.1) is 0 Å². The average Bonchev–Trinajstić information content (AvgIpc) is 2.56. The Hall–Kier alpha value is -1.98. The van der Waals surface area contributed by atoms with Crippen molar-refractivity contribution in [2.45, 2.75) is 19.9 Å². The van der Waals surface area contributed by atoms with Crippen molar-refractivity contribution in [1.82, 2.24) is 4.90 Å². The highest BCUT2D eigenvalue weighted by Crippen LogP contribution is 2.13. The molecule has 1 amide bonds. The topological polar surface area (TPSA) is 32.3 Å². The van der Waals surface area contributed by atoms with Crippen LogP contribution >= 0.6 is 12.4 Å². The molecule has 6 heteroatoms. The molecular weight excluding hydrogens is 334 g/mol. The summed E-state index contributed by atoms with van der Waals surface area (Å²) in [6.07, 6.45) is 0.291. The van der Waals surface area contributed by atoms with Crippen LogP contribution in [0.5, 0.6) is 0 Å². The van der Waals surface area contributed by atoms with E-state index < -0.39 is 11.6 Å². The standard InChI is InChI=1S/C18H20F2N2O.ClH/c1-2-22(13-14-6-4-3-5-7-14)11-10-18(23)21-15-8-9-16(19)17(20)12-15;/h3-9,12H,2,10-11,13H2,1H3,(H,21,23);1H. The summed E-state index contributed by atoms with van der Waals surface area (Å²) >= 11 is 0. The zero-order valence-corrected chi connectivity index (χ0v) is 14.3. The van der Waals surface area contributed by atoms with Gasteiger partial charge in [0.15, 0.2) is 11.6 Å². The SMILES string of the molecule is CCN(CCC(=O)Nc1ccc(F)c(F)c1)Cc1ccccc1.Cl. The van der Waals surface area contributed by atoms with Gasteiger partial charge in [0, 0.05) is 31.3 Å². The van der Waals surface area contributed by atoms with E-state index in [1.807, 2.05) is 37.3 Å². The summed E-state index contributed by atoms with van der Waals surface area (Å²) in [5.41, 5.74) is 1.45.